The number of unbranched alkanes of at least 4 members (excludes halogenated alkanes) is 1. The fourth-order valence-corrected chi connectivity index (χ4v) is 3.21. The Kier molecular flexibility index (Phi) is 6.45. The summed E-state index contributed by atoms with van der Waals surface area (Å²) in [5.74, 6) is 1.91. The first kappa shape index (κ1) is 18.9. The first-order chi connectivity index (χ1) is 13.2. The number of fused-ring (bicyclic) bond motifs is 1. The summed E-state index contributed by atoms with van der Waals surface area (Å²) in [6, 6.07) is 18.6. The molecule has 0 amide bonds. The Labute approximate surface area is 160 Å². The van der Waals surface area contributed by atoms with Gasteiger partial charge in [0.05, 0.1) is 29.8 Å². The van der Waals surface area contributed by atoms with Gasteiger partial charge in [-0.1, -0.05) is 24.3 Å². The number of aromatic nitrogens is 2. The molecule has 0 aliphatic heterocycles. The minimum absolute atomic E-state index is 0.137. The second-order valence-electron chi connectivity index (χ2n) is 6.56. The Balaban J connectivity index is 1.64. The Hall–Kier alpha value is -2.84. The molecule has 1 unspecified atom stereocenters. The Bertz CT molecular complexity index is 925. The molecule has 5 nitrogen and oxygen atoms in total. The molecular formula is C22H26N4O. The highest BCUT2D eigenvalue weighted by Crippen LogP contribution is 2.21. The molecule has 0 fully saturated rings. The van der Waals surface area contributed by atoms with Gasteiger partial charge in [-0.05, 0) is 50.1 Å². The molecule has 3 aromatic rings. The van der Waals surface area contributed by atoms with E-state index in [2.05, 4.69) is 60.1 Å². The summed E-state index contributed by atoms with van der Waals surface area (Å²) in [6.07, 6.45) is 1.28. The van der Waals surface area contributed by atoms with E-state index < -0.39 is 0 Å². The van der Waals surface area contributed by atoms with Crippen LogP contribution in [-0.4, -0.2) is 16.2 Å². The highest BCUT2D eigenvalue weighted by atomic mass is 16.5. The first-order valence-electron chi connectivity index (χ1n) is 9.50. The number of hydrogen-bond donors (Lipinski definition) is 1. The maximum Gasteiger partial charge on any atom is 0.126 e. The van der Waals surface area contributed by atoms with Crippen LogP contribution in [0.15, 0.2) is 48.5 Å². The predicted molar refractivity (Wildman–Crippen MR) is 107 cm³/mol. The van der Waals surface area contributed by atoms with Gasteiger partial charge in [-0.3, -0.25) is 0 Å². The molecule has 1 aromatic heterocycles. The number of nitriles is 1. The monoisotopic (exact) mass is 362 g/mol. The van der Waals surface area contributed by atoms with Crippen LogP contribution < -0.4 is 10.1 Å². The van der Waals surface area contributed by atoms with E-state index in [9.17, 15) is 0 Å². The second-order valence-corrected chi connectivity index (χ2v) is 6.56. The van der Waals surface area contributed by atoms with Crippen molar-refractivity contribution in [3.8, 4) is 11.8 Å². The van der Waals surface area contributed by atoms with Crippen LogP contribution in [0, 0.1) is 11.3 Å². The standard InChI is InChI=1S/C22H26N4O/c1-3-26-21-12-5-4-11-20(21)25-22(26)17(2)24-16-18-9-8-10-19(15-18)27-14-7-6-13-23/h4-5,8-12,15,17,24H,3,6-7,14,16H2,1-2H3. The van der Waals surface area contributed by atoms with Crippen LogP contribution in [0.3, 0.4) is 0 Å². The number of hydrogen-bond acceptors (Lipinski definition) is 4. The molecule has 0 bridgehead atoms. The van der Waals surface area contributed by atoms with Crippen LogP contribution in [0.1, 0.15) is 44.1 Å². The summed E-state index contributed by atoms with van der Waals surface area (Å²) in [4.78, 5) is 4.82. The molecule has 27 heavy (non-hydrogen) atoms. The molecule has 0 aliphatic carbocycles. The van der Waals surface area contributed by atoms with E-state index in [4.69, 9.17) is 15.0 Å². The lowest BCUT2D eigenvalue weighted by Gasteiger charge is -2.16. The third-order valence-electron chi connectivity index (χ3n) is 4.60. The normalized spacial score (nSPS) is 12.0. The first-order valence-corrected chi connectivity index (χ1v) is 9.50. The Morgan fingerprint density at radius 2 is 2.07 bits per heavy atom. The van der Waals surface area contributed by atoms with Crippen molar-refractivity contribution >= 4 is 11.0 Å². The van der Waals surface area contributed by atoms with Gasteiger partial charge in [0.2, 0.25) is 0 Å². The van der Waals surface area contributed by atoms with E-state index in [1.54, 1.807) is 0 Å². The van der Waals surface area contributed by atoms with E-state index in [0.717, 1.165) is 36.6 Å². The summed E-state index contributed by atoms with van der Waals surface area (Å²) in [5.41, 5.74) is 3.38. The van der Waals surface area contributed by atoms with E-state index in [-0.39, 0.29) is 6.04 Å². The Morgan fingerprint density at radius 1 is 1.22 bits per heavy atom. The lowest BCUT2D eigenvalue weighted by Crippen LogP contribution is -2.21. The molecule has 140 valence electrons. The Morgan fingerprint density at radius 3 is 2.89 bits per heavy atom. The number of para-hydroxylation sites is 2. The fraction of sp³-hybridized carbons (Fsp3) is 0.364. The van der Waals surface area contributed by atoms with Crippen LogP contribution in [0.4, 0.5) is 0 Å². The maximum atomic E-state index is 8.59. The summed E-state index contributed by atoms with van der Waals surface area (Å²) in [5, 5.41) is 12.2. The number of nitrogens with zero attached hydrogens (tertiary/aromatic N) is 3. The molecule has 1 atom stereocenters. The summed E-state index contributed by atoms with van der Waals surface area (Å²) >= 11 is 0. The summed E-state index contributed by atoms with van der Waals surface area (Å²) < 4.78 is 7.99. The topological polar surface area (TPSA) is 62.9 Å². The minimum Gasteiger partial charge on any atom is -0.494 e. The van der Waals surface area contributed by atoms with Crippen molar-refractivity contribution in [3.05, 3.63) is 59.9 Å². The molecule has 0 saturated heterocycles. The van der Waals surface area contributed by atoms with Crippen molar-refractivity contribution in [2.75, 3.05) is 6.61 Å². The van der Waals surface area contributed by atoms with Gasteiger partial charge in [0.15, 0.2) is 0 Å². The maximum absolute atomic E-state index is 8.59. The zero-order chi connectivity index (χ0) is 19.1. The van der Waals surface area contributed by atoms with Crippen molar-refractivity contribution in [3.63, 3.8) is 0 Å². The lowest BCUT2D eigenvalue weighted by molar-refractivity contribution is 0.312. The lowest BCUT2D eigenvalue weighted by atomic mass is 10.2. The number of rotatable bonds is 9. The van der Waals surface area contributed by atoms with Crippen molar-refractivity contribution in [2.45, 2.75) is 45.8 Å². The van der Waals surface area contributed by atoms with E-state index >= 15 is 0 Å². The molecular weight excluding hydrogens is 336 g/mol. The van der Waals surface area contributed by atoms with Gasteiger partial charge in [0, 0.05) is 19.5 Å². The molecule has 2 aromatic carbocycles. The smallest absolute Gasteiger partial charge is 0.126 e. The van der Waals surface area contributed by atoms with Crippen LogP contribution >= 0.6 is 0 Å². The van der Waals surface area contributed by atoms with Gasteiger partial charge in [0.1, 0.15) is 11.6 Å². The van der Waals surface area contributed by atoms with Crippen LogP contribution in [0.5, 0.6) is 5.75 Å². The van der Waals surface area contributed by atoms with Crippen LogP contribution in [0.25, 0.3) is 11.0 Å². The minimum atomic E-state index is 0.137. The molecule has 0 aliphatic rings. The largest absolute Gasteiger partial charge is 0.494 e. The molecule has 0 saturated carbocycles. The molecule has 3 rings (SSSR count). The average molecular weight is 362 g/mol. The van der Waals surface area contributed by atoms with Crippen molar-refractivity contribution in [1.82, 2.24) is 14.9 Å². The van der Waals surface area contributed by atoms with Gasteiger partial charge >= 0.3 is 0 Å². The number of imidazole rings is 1. The van der Waals surface area contributed by atoms with Gasteiger partial charge in [-0.2, -0.15) is 5.26 Å². The number of ether oxygens (including phenoxy) is 1. The predicted octanol–water partition coefficient (Wildman–Crippen LogP) is 4.59. The highest BCUT2D eigenvalue weighted by molar-refractivity contribution is 5.76. The van der Waals surface area contributed by atoms with E-state index in [0.29, 0.717) is 13.0 Å². The van der Waals surface area contributed by atoms with Gasteiger partial charge in [0.25, 0.3) is 0 Å². The molecule has 5 heteroatoms. The molecule has 1 N–H and O–H groups in total. The summed E-state index contributed by atoms with van der Waals surface area (Å²) in [7, 11) is 0. The van der Waals surface area contributed by atoms with E-state index in [1.165, 1.54) is 11.1 Å². The third-order valence-corrected chi connectivity index (χ3v) is 4.60. The second kappa shape index (κ2) is 9.20. The van der Waals surface area contributed by atoms with Crippen molar-refractivity contribution < 1.29 is 4.74 Å². The summed E-state index contributed by atoms with van der Waals surface area (Å²) in [6.45, 7) is 6.51. The van der Waals surface area contributed by atoms with Crippen LogP contribution in [-0.2, 0) is 13.1 Å². The van der Waals surface area contributed by atoms with E-state index in [1.807, 2.05) is 18.2 Å². The average Bonchev–Trinajstić information content (AvgIpc) is 3.08. The molecule has 0 spiro atoms. The quantitative estimate of drug-likeness (QED) is 0.566. The van der Waals surface area contributed by atoms with Gasteiger partial charge < -0.3 is 14.6 Å². The number of aryl methyl sites for hydroxylation is 1. The number of nitrogens with one attached hydrogen (secondary N) is 1. The van der Waals surface area contributed by atoms with Crippen LogP contribution in [0.2, 0.25) is 0 Å². The SMILES string of the molecule is CCn1c(C(C)NCc2cccc(OCCCC#N)c2)nc2ccccc21. The number of benzene rings is 2. The zero-order valence-electron chi connectivity index (χ0n) is 16.0. The van der Waals surface area contributed by atoms with Crippen molar-refractivity contribution in [2.24, 2.45) is 0 Å². The van der Waals surface area contributed by atoms with Crippen molar-refractivity contribution in [1.29, 1.82) is 5.26 Å². The highest BCUT2D eigenvalue weighted by Gasteiger charge is 2.15. The van der Waals surface area contributed by atoms with Gasteiger partial charge in [-0.25, -0.2) is 4.98 Å². The fourth-order valence-electron chi connectivity index (χ4n) is 3.21. The van der Waals surface area contributed by atoms with Gasteiger partial charge in [-0.15, -0.1) is 0 Å². The zero-order valence-corrected chi connectivity index (χ0v) is 16.0. The molecule has 1 heterocycles. The molecule has 0 radical (unpaired) electrons. The third kappa shape index (κ3) is 4.66.